The van der Waals surface area contributed by atoms with Gasteiger partial charge in [0.05, 0.1) is 27.8 Å². The predicted octanol–water partition coefficient (Wildman–Crippen LogP) is 4.78. The van der Waals surface area contributed by atoms with Gasteiger partial charge in [-0.1, -0.05) is 43.8 Å². The lowest BCUT2D eigenvalue weighted by molar-refractivity contribution is 0.0696. The minimum Gasteiger partial charge on any atom is -0.492 e. The van der Waals surface area contributed by atoms with Gasteiger partial charge in [-0.25, -0.2) is 18.0 Å². The summed E-state index contributed by atoms with van der Waals surface area (Å²) in [7, 11) is -3.88. The maximum atomic E-state index is 13.0. The van der Waals surface area contributed by atoms with Crippen molar-refractivity contribution in [3.63, 3.8) is 0 Å². The molecule has 11 nitrogen and oxygen atoms in total. The number of rotatable bonds is 10. The molecular weight excluding hydrogens is 588 g/mol. The van der Waals surface area contributed by atoms with Crippen molar-refractivity contribution in [2.24, 2.45) is 0 Å². The summed E-state index contributed by atoms with van der Waals surface area (Å²) >= 11 is 0. The van der Waals surface area contributed by atoms with Gasteiger partial charge >= 0.3 is 11.9 Å². The van der Waals surface area contributed by atoms with E-state index in [0.29, 0.717) is 34.7 Å². The second-order valence-electron chi connectivity index (χ2n) is 9.75. The SMILES string of the molecule is C.O=C(O)c1ccc(-c2ccc(OCCNCC(O)c3ccc4cc3NS(=O)(=O)c3cccc(c3)CO4)cc2)c(C(=O)O)c1. The number of aromatic carboxylic acids is 2. The fraction of sp³-hybridized carbons (Fsp3) is 0.188. The van der Waals surface area contributed by atoms with Crippen LogP contribution in [-0.4, -0.2) is 55.4 Å². The lowest BCUT2D eigenvalue weighted by atomic mass is 9.97. The van der Waals surface area contributed by atoms with Crippen molar-refractivity contribution < 1.29 is 42.8 Å². The highest BCUT2D eigenvalue weighted by Gasteiger charge is 2.22. The molecule has 0 aromatic heterocycles. The number of carbonyl (C=O) groups is 2. The smallest absolute Gasteiger partial charge is 0.336 e. The molecule has 1 unspecified atom stereocenters. The first-order valence-electron chi connectivity index (χ1n) is 13.2. The summed E-state index contributed by atoms with van der Waals surface area (Å²) in [5, 5.41) is 32.6. The Morgan fingerprint density at radius 2 is 1.73 bits per heavy atom. The van der Waals surface area contributed by atoms with Crippen molar-refractivity contribution in [2.45, 2.75) is 25.0 Å². The number of aliphatic hydroxyl groups excluding tert-OH is 1. The molecule has 0 saturated heterocycles. The van der Waals surface area contributed by atoms with Gasteiger partial charge in [0.2, 0.25) is 0 Å². The van der Waals surface area contributed by atoms with E-state index in [1.807, 2.05) is 0 Å². The van der Waals surface area contributed by atoms with Gasteiger partial charge in [-0.3, -0.25) is 4.72 Å². The molecule has 5 N–H and O–H groups in total. The fourth-order valence-corrected chi connectivity index (χ4v) is 5.75. The predicted molar refractivity (Wildman–Crippen MR) is 164 cm³/mol. The van der Waals surface area contributed by atoms with Gasteiger partial charge in [-0.05, 0) is 59.2 Å². The van der Waals surface area contributed by atoms with Crippen molar-refractivity contribution >= 4 is 27.6 Å². The summed E-state index contributed by atoms with van der Waals surface area (Å²) in [6.07, 6.45) is -1.03. The molecule has 1 atom stereocenters. The van der Waals surface area contributed by atoms with Crippen LogP contribution in [-0.2, 0) is 16.6 Å². The average Bonchev–Trinajstić information content (AvgIpc) is 2.99. The van der Waals surface area contributed by atoms with Crippen LogP contribution in [0.25, 0.3) is 11.1 Å². The van der Waals surface area contributed by atoms with E-state index in [4.69, 9.17) is 14.6 Å². The monoisotopic (exact) mass is 620 g/mol. The first-order chi connectivity index (χ1) is 20.6. The Morgan fingerprint density at radius 3 is 2.45 bits per heavy atom. The molecule has 1 heterocycles. The lowest BCUT2D eigenvalue weighted by Gasteiger charge is -2.20. The standard InChI is InChI=1S/C31H28N2O9S.CH4/c34-29(26-11-9-23-16-28(26)33-43(39,40)24-3-1-2-19(14-24)18-42-23)17-32-12-13-41-22-7-4-20(5-8-22)25-10-6-21(30(35)36)15-27(25)31(37)38;/h1-11,14-16,29,32-34H,12-13,17-18H2,(H,35,36)(H,37,38);1H4. The molecule has 0 aliphatic carbocycles. The Labute approximate surface area is 254 Å². The molecule has 4 aromatic carbocycles. The van der Waals surface area contributed by atoms with Gasteiger partial charge in [0.25, 0.3) is 10.0 Å². The maximum Gasteiger partial charge on any atom is 0.336 e. The highest BCUT2D eigenvalue weighted by Crippen LogP contribution is 2.31. The molecule has 12 heteroatoms. The third-order valence-electron chi connectivity index (χ3n) is 6.79. The Bertz CT molecular complexity index is 1770. The van der Waals surface area contributed by atoms with Crippen molar-refractivity contribution in [3.05, 3.63) is 107 Å². The van der Waals surface area contributed by atoms with E-state index in [1.54, 1.807) is 60.7 Å². The number of sulfonamides is 1. The summed E-state index contributed by atoms with van der Waals surface area (Å²) in [5.41, 5.74) is 2.06. The minimum atomic E-state index is -3.88. The normalized spacial score (nSPS) is 13.8. The van der Waals surface area contributed by atoms with E-state index in [-0.39, 0.29) is 48.9 Å². The summed E-state index contributed by atoms with van der Waals surface area (Å²) in [4.78, 5) is 23.0. The number of ether oxygens (including phenoxy) is 2. The van der Waals surface area contributed by atoms with Crippen LogP contribution in [0, 0.1) is 0 Å². The van der Waals surface area contributed by atoms with Gasteiger partial charge in [-0.2, -0.15) is 0 Å². The zero-order valence-corrected chi connectivity index (χ0v) is 23.5. The van der Waals surface area contributed by atoms with Crippen molar-refractivity contribution in [2.75, 3.05) is 24.4 Å². The minimum absolute atomic E-state index is 0. The van der Waals surface area contributed by atoms with E-state index in [1.165, 1.54) is 18.2 Å². The fourth-order valence-electron chi connectivity index (χ4n) is 4.60. The number of aliphatic hydroxyl groups is 1. The van der Waals surface area contributed by atoms with Crippen LogP contribution in [0.2, 0.25) is 0 Å². The first-order valence-corrected chi connectivity index (χ1v) is 14.7. The summed E-state index contributed by atoms with van der Waals surface area (Å²) < 4.78 is 40.0. The number of nitrogens with one attached hydrogen (secondary N) is 2. The largest absolute Gasteiger partial charge is 0.492 e. The van der Waals surface area contributed by atoms with Gasteiger partial charge < -0.3 is 30.1 Å². The van der Waals surface area contributed by atoms with Crippen LogP contribution in [0.3, 0.4) is 0 Å². The third-order valence-corrected chi connectivity index (χ3v) is 8.15. The molecular formula is C32H32N2O9S. The number of carboxylic acids is 2. The highest BCUT2D eigenvalue weighted by molar-refractivity contribution is 7.92. The molecule has 0 amide bonds. The van der Waals surface area contributed by atoms with Gasteiger partial charge in [-0.15, -0.1) is 0 Å². The summed E-state index contributed by atoms with van der Waals surface area (Å²) in [6, 6.07) is 22.0. The van der Waals surface area contributed by atoms with Gasteiger partial charge in [0, 0.05) is 24.7 Å². The van der Waals surface area contributed by atoms with E-state index in [2.05, 4.69) is 10.0 Å². The number of hydrogen-bond donors (Lipinski definition) is 5. The summed E-state index contributed by atoms with van der Waals surface area (Å²) in [5.74, 6) is -1.45. The zero-order valence-electron chi connectivity index (χ0n) is 22.7. The lowest BCUT2D eigenvalue weighted by Crippen LogP contribution is -2.27. The Hall–Kier alpha value is -4.91. The van der Waals surface area contributed by atoms with Crippen molar-refractivity contribution in [1.29, 1.82) is 0 Å². The molecule has 1 aliphatic rings. The number of fused-ring (bicyclic) bond motifs is 4. The molecule has 5 rings (SSSR count). The Morgan fingerprint density at radius 1 is 0.955 bits per heavy atom. The summed E-state index contributed by atoms with van der Waals surface area (Å²) in [6.45, 7) is 0.950. The van der Waals surface area contributed by atoms with Gasteiger partial charge in [0.1, 0.15) is 24.7 Å². The Balaban J connectivity index is 0.00000442. The molecule has 0 saturated carbocycles. The second kappa shape index (κ2) is 13.6. The van der Waals surface area contributed by atoms with Crippen LogP contribution in [0.1, 0.15) is 45.4 Å². The highest BCUT2D eigenvalue weighted by atomic mass is 32.2. The van der Waals surface area contributed by atoms with E-state index in [0.717, 1.165) is 11.6 Å². The maximum absolute atomic E-state index is 13.0. The number of carboxylic acid groups (broad SMARTS) is 2. The zero-order chi connectivity index (χ0) is 30.6. The molecule has 1 aliphatic heterocycles. The van der Waals surface area contributed by atoms with Crippen molar-refractivity contribution in [3.8, 4) is 22.6 Å². The van der Waals surface area contributed by atoms with Crippen LogP contribution in [0.5, 0.6) is 11.5 Å². The van der Waals surface area contributed by atoms with E-state index in [9.17, 15) is 28.2 Å². The molecule has 0 fully saturated rings. The topological polar surface area (TPSA) is 171 Å². The molecule has 44 heavy (non-hydrogen) atoms. The van der Waals surface area contributed by atoms with E-state index >= 15 is 0 Å². The molecule has 4 aromatic rings. The number of anilines is 1. The van der Waals surface area contributed by atoms with Crippen LogP contribution in [0.15, 0.2) is 89.8 Å². The third kappa shape index (κ3) is 7.35. The van der Waals surface area contributed by atoms with Gasteiger partial charge in [0.15, 0.2) is 0 Å². The van der Waals surface area contributed by atoms with E-state index < -0.39 is 28.1 Å². The average molecular weight is 621 g/mol. The molecule has 0 spiro atoms. The second-order valence-corrected chi connectivity index (χ2v) is 11.4. The van der Waals surface area contributed by atoms with Crippen LogP contribution >= 0.6 is 0 Å². The number of hydrogen-bond acceptors (Lipinski definition) is 8. The quantitative estimate of drug-likeness (QED) is 0.155. The van der Waals surface area contributed by atoms with Crippen LogP contribution in [0.4, 0.5) is 5.69 Å². The number of benzene rings is 4. The van der Waals surface area contributed by atoms with Crippen molar-refractivity contribution in [1.82, 2.24) is 5.32 Å². The molecule has 230 valence electrons. The van der Waals surface area contributed by atoms with Crippen LogP contribution < -0.4 is 19.5 Å². The first kappa shape index (κ1) is 32.0. The molecule has 0 radical (unpaired) electrons. The Kier molecular flexibility index (Phi) is 9.89. The molecule has 4 bridgehead atoms.